The Balaban J connectivity index is 3.04. The number of hydrogen-bond donors (Lipinski definition) is 2. The fourth-order valence-corrected chi connectivity index (χ4v) is 1.92. The summed E-state index contributed by atoms with van der Waals surface area (Å²) in [5.74, 6) is -0.965. The lowest BCUT2D eigenvalue weighted by atomic mass is 10.1. The Morgan fingerprint density at radius 2 is 2.06 bits per heavy atom. The van der Waals surface area contributed by atoms with E-state index in [0.717, 1.165) is 0 Å². The second-order valence-electron chi connectivity index (χ2n) is 3.31. The van der Waals surface area contributed by atoms with Crippen LogP contribution in [0.4, 0.5) is 0 Å². The summed E-state index contributed by atoms with van der Waals surface area (Å²) in [4.78, 5) is 10.9. The number of carbonyl (C=O) groups excluding carboxylic acids is 1. The zero-order valence-corrected chi connectivity index (χ0v) is 9.57. The molecule has 0 aliphatic carbocycles. The normalized spacial score (nSPS) is 16.2. The van der Waals surface area contributed by atoms with Crippen LogP contribution in [0.1, 0.15) is 12.5 Å². The van der Waals surface area contributed by atoms with E-state index in [-0.39, 0.29) is 5.75 Å². The minimum atomic E-state index is -2.15. The Morgan fingerprint density at radius 1 is 1.50 bits per heavy atom. The van der Waals surface area contributed by atoms with Gasteiger partial charge in [0.1, 0.15) is 5.75 Å². The SMILES string of the molecule is CC(=O)OC(N)(CS(=O)O)c1ccccc1. The van der Waals surface area contributed by atoms with Crippen molar-refractivity contribution >= 4 is 17.0 Å². The maximum atomic E-state index is 10.9. The fourth-order valence-electron chi connectivity index (χ4n) is 1.33. The van der Waals surface area contributed by atoms with Crippen molar-refractivity contribution in [2.24, 2.45) is 5.73 Å². The van der Waals surface area contributed by atoms with E-state index in [4.69, 9.17) is 15.0 Å². The van der Waals surface area contributed by atoms with E-state index in [9.17, 15) is 9.00 Å². The van der Waals surface area contributed by atoms with Gasteiger partial charge in [0.05, 0.1) is 0 Å². The summed E-state index contributed by atoms with van der Waals surface area (Å²) in [6.07, 6.45) is 0. The molecule has 2 atom stereocenters. The number of rotatable bonds is 4. The van der Waals surface area contributed by atoms with E-state index in [1.54, 1.807) is 30.3 Å². The van der Waals surface area contributed by atoms with Gasteiger partial charge in [-0.25, -0.2) is 4.21 Å². The highest BCUT2D eigenvalue weighted by Gasteiger charge is 2.33. The van der Waals surface area contributed by atoms with Crippen LogP contribution >= 0.6 is 0 Å². The Morgan fingerprint density at radius 3 is 2.50 bits per heavy atom. The average molecular weight is 243 g/mol. The molecule has 5 nitrogen and oxygen atoms in total. The minimum absolute atomic E-state index is 0.364. The Hall–Kier alpha value is -1.24. The number of esters is 1. The van der Waals surface area contributed by atoms with Gasteiger partial charge in [-0.1, -0.05) is 30.3 Å². The molecule has 0 saturated heterocycles. The van der Waals surface area contributed by atoms with Gasteiger partial charge in [0.15, 0.2) is 11.1 Å². The number of hydrogen-bond acceptors (Lipinski definition) is 4. The van der Waals surface area contributed by atoms with Crippen LogP contribution in [-0.2, 0) is 26.3 Å². The first-order valence-electron chi connectivity index (χ1n) is 4.55. The van der Waals surface area contributed by atoms with Crippen LogP contribution in [0.2, 0.25) is 0 Å². The Labute approximate surface area is 95.9 Å². The third-order valence-corrected chi connectivity index (χ3v) is 2.60. The standard InChI is InChI=1S/C10H13NO4S/c1-8(12)15-10(11,7-16(13)14)9-5-3-2-4-6-9/h2-6H,7,11H2,1H3,(H,13,14). The molecule has 1 aromatic carbocycles. The molecular weight excluding hydrogens is 230 g/mol. The van der Waals surface area contributed by atoms with E-state index in [0.29, 0.717) is 5.56 Å². The predicted molar refractivity (Wildman–Crippen MR) is 59.7 cm³/mol. The molecule has 0 saturated carbocycles. The second-order valence-corrected chi connectivity index (χ2v) is 4.25. The van der Waals surface area contributed by atoms with Gasteiger partial charge in [-0.15, -0.1) is 0 Å². The topological polar surface area (TPSA) is 89.6 Å². The lowest BCUT2D eigenvalue weighted by Gasteiger charge is -2.27. The maximum Gasteiger partial charge on any atom is 0.304 e. The monoisotopic (exact) mass is 243 g/mol. The first-order valence-corrected chi connectivity index (χ1v) is 5.83. The summed E-state index contributed by atoms with van der Waals surface area (Å²) < 4.78 is 24.6. The zero-order chi connectivity index (χ0) is 12.2. The number of ether oxygens (including phenoxy) is 1. The van der Waals surface area contributed by atoms with E-state index in [1.165, 1.54) is 6.92 Å². The quantitative estimate of drug-likeness (QED) is 0.459. The molecule has 0 bridgehead atoms. The van der Waals surface area contributed by atoms with Crippen molar-refractivity contribution in [2.75, 3.05) is 5.75 Å². The minimum Gasteiger partial charge on any atom is -0.439 e. The fraction of sp³-hybridized carbons (Fsp3) is 0.300. The molecule has 3 N–H and O–H groups in total. The van der Waals surface area contributed by atoms with Gasteiger partial charge in [0.25, 0.3) is 0 Å². The van der Waals surface area contributed by atoms with E-state index in [2.05, 4.69) is 0 Å². The molecule has 1 aromatic rings. The molecule has 88 valence electrons. The summed E-state index contributed by atoms with van der Waals surface area (Å²) in [6.45, 7) is 1.20. The molecule has 0 fully saturated rings. The molecule has 1 rings (SSSR count). The first-order chi connectivity index (χ1) is 7.44. The average Bonchev–Trinajstić information content (AvgIpc) is 2.16. The van der Waals surface area contributed by atoms with Crippen molar-refractivity contribution in [1.29, 1.82) is 0 Å². The van der Waals surface area contributed by atoms with Crippen molar-refractivity contribution in [3.8, 4) is 0 Å². The number of carbonyl (C=O) groups is 1. The van der Waals surface area contributed by atoms with Crippen LogP contribution in [0.3, 0.4) is 0 Å². The summed E-state index contributed by atoms with van der Waals surface area (Å²) in [7, 11) is 0. The van der Waals surface area contributed by atoms with E-state index in [1.807, 2.05) is 0 Å². The molecule has 0 amide bonds. The van der Waals surface area contributed by atoms with Crippen LogP contribution in [0.25, 0.3) is 0 Å². The summed E-state index contributed by atoms with van der Waals surface area (Å²) in [5, 5.41) is 0. The van der Waals surface area contributed by atoms with Crippen LogP contribution in [0, 0.1) is 0 Å². The highest BCUT2D eigenvalue weighted by atomic mass is 32.2. The highest BCUT2D eigenvalue weighted by molar-refractivity contribution is 7.79. The first kappa shape index (κ1) is 12.8. The Bertz CT molecular complexity index is 377. The maximum absolute atomic E-state index is 10.9. The van der Waals surface area contributed by atoms with Gasteiger partial charge in [-0.05, 0) is 0 Å². The second kappa shape index (κ2) is 5.20. The third-order valence-electron chi connectivity index (χ3n) is 1.93. The van der Waals surface area contributed by atoms with Crippen LogP contribution < -0.4 is 5.73 Å². The van der Waals surface area contributed by atoms with Gasteiger partial charge < -0.3 is 9.29 Å². The molecule has 16 heavy (non-hydrogen) atoms. The van der Waals surface area contributed by atoms with Gasteiger partial charge in [0, 0.05) is 12.5 Å². The number of nitrogens with two attached hydrogens (primary N) is 1. The van der Waals surface area contributed by atoms with Gasteiger partial charge in [-0.2, -0.15) is 0 Å². The van der Waals surface area contributed by atoms with Crippen molar-refractivity contribution in [3.05, 3.63) is 35.9 Å². The third kappa shape index (κ3) is 3.41. The van der Waals surface area contributed by atoms with E-state index < -0.39 is 22.8 Å². The molecule has 0 spiro atoms. The molecular formula is C10H13NO4S. The van der Waals surface area contributed by atoms with Crippen LogP contribution in [-0.4, -0.2) is 20.5 Å². The molecule has 0 radical (unpaired) electrons. The van der Waals surface area contributed by atoms with Crippen molar-refractivity contribution in [2.45, 2.75) is 12.6 Å². The van der Waals surface area contributed by atoms with Gasteiger partial charge in [-0.3, -0.25) is 10.5 Å². The van der Waals surface area contributed by atoms with Crippen LogP contribution in [0.5, 0.6) is 0 Å². The molecule has 0 aliphatic heterocycles. The summed E-state index contributed by atoms with van der Waals surface area (Å²) in [6, 6.07) is 8.46. The molecule has 2 unspecified atom stereocenters. The molecule has 0 aromatic heterocycles. The smallest absolute Gasteiger partial charge is 0.304 e. The lowest BCUT2D eigenvalue weighted by molar-refractivity contribution is -0.155. The predicted octanol–water partition coefficient (Wildman–Crippen LogP) is 0.583. The van der Waals surface area contributed by atoms with Crippen LogP contribution in [0.15, 0.2) is 30.3 Å². The van der Waals surface area contributed by atoms with Crippen molar-refractivity contribution in [3.63, 3.8) is 0 Å². The highest BCUT2D eigenvalue weighted by Crippen LogP contribution is 2.20. The molecule has 0 heterocycles. The molecule has 0 aliphatic rings. The van der Waals surface area contributed by atoms with Gasteiger partial charge in [0.2, 0.25) is 5.72 Å². The van der Waals surface area contributed by atoms with Gasteiger partial charge >= 0.3 is 5.97 Å². The van der Waals surface area contributed by atoms with E-state index >= 15 is 0 Å². The van der Waals surface area contributed by atoms with Crippen molar-refractivity contribution in [1.82, 2.24) is 0 Å². The lowest BCUT2D eigenvalue weighted by Crippen LogP contribution is -2.45. The summed E-state index contributed by atoms with van der Waals surface area (Å²) >= 11 is -2.15. The molecule has 6 heteroatoms. The largest absolute Gasteiger partial charge is 0.439 e. The Kier molecular flexibility index (Phi) is 4.17. The summed E-state index contributed by atoms with van der Waals surface area (Å²) in [5.41, 5.74) is 4.74. The van der Waals surface area contributed by atoms with Crippen molar-refractivity contribution < 1.29 is 18.3 Å². The number of benzene rings is 1. The zero-order valence-electron chi connectivity index (χ0n) is 8.75.